The zero-order valence-corrected chi connectivity index (χ0v) is 29.4. The molecule has 4 aliphatic rings. The largest absolute Gasteiger partial charge is 0.456 e. The van der Waals surface area contributed by atoms with E-state index in [0.29, 0.717) is 16.6 Å². The summed E-state index contributed by atoms with van der Waals surface area (Å²) in [5, 5.41) is 9.54. The Morgan fingerprint density at radius 3 is 2.15 bits per heavy atom. The average molecular weight is 691 g/mol. The Morgan fingerprint density at radius 2 is 1.49 bits per heavy atom. The van der Waals surface area contributed by atoms with E-state index in [-0.39, 0.29) is 5.57 Å². The molecule has 10 rings (SSSR count). The van der Waals surface area contributed by atoms with Gasteiger partial charge in [0.2, 0.25) is 0 Å². The Labute approximate surface area is 289 Å². The third-order valence-corrected chi connectivity index (χ3v) is 14.8. The lowest BCUT2D eigenvalue weighted by Gasteiger charge is -2.37. The summed E-state index contributed by atoms with van der Waals surface area (Å²) in [6.45, 7) is 5.39. The molecule has 234 valence electrons. The van der Waals surface area contributed by atoms with Crippen LogP contribution >= 0.6 is 45.3 Å². The minimum absolute atomic E-state index is 0.0160. The summed E-state index contributed by atoms with van der Waals surface area (Å²) in [6.07, 6.45) is 4.29. The smallest absolute Gasteiger partial charge is 0.349 e. The van der Waals surface area contributed by atoms with Gasteiger partial charge in [0.15, 0.2) is 11.4 Å². The van der Waals surface area contributed by atoms with Crippen molar-refractivity contribution >= 4 is 87.6 Å². The molecule has 4 aromatic heterocycles. The van der Waals surface area contributed by atoms with Gasteiger partial charge in [0.1, 0.15) is 23.3 Å². The van der Waals surface area contributed by atoms with Crippen molar-refractivity contribution in [2.45, 2.75) is 51.2 Å². The number of nitriles is 1. The first kappa shape index (κ1) is 29.5. The third kappa shape index (κ3) is 4.61. The molecule has 3 atom stereocenters. The molecule has 0 saturated heterocycles. The molecular weight excluding hydrogens is 659 g/mol. The number of para-hydroxylation sites is 1. The van der Waals surface area contributed by atoms with Gasteiger partial charge in [-0.3, -0.25) is 0 Å². The van der Waals surface area contributed by atoms with Crippen molar-refractivity contribution in [2.75, 3.05) is 0 Å². The van der Waals surface area contributed by atoms with Crippen molar-refractivity contribution in [1.82, 2.24) is 4.59 Å². The molecule has 2 bridgehead atoms. The van der Waals surface area contributed by atoms with Crippen LogP contribution < -0.4 is 10.4 Å². The SMILES string of the molecule is CC(C)(C)OC(=O)/C(C#N)=C/c1cc2sc(-c3cc4sc(-c5ccc([N+]6(N)c7ccccc7C7C8CC(C8)C76)cc5)cc4s3)cc2s1. The highest BCUT2D eigenvalue weighted by Gasteiger charge is 2.67. The van der Waals surface area contributed by atoms with Crippen molar-refractivity contribution in [3.05, 3.63) is 88.8 Å². The maximum atomic E-state index is 12.4. The van der Waals surface area contributed by atoms with Crippen LogP contribution in [-0.2, 0) is 9.53 Å². The Kier molecular flexibility index (Phi) is 6.55. The molecule has 2 N–H and O–H groups in total. The second-order valence-corrected chi connectivity index (χ2v) is 18.4. The summed E-state index contributed by atoms with van der Waals surface area (Å²) in [4.78, 5) is 17.1. The number of hydrogen-bond donors (Lipinski definition) is 1. The van der Waals surface area contributed by atoms with Gasteiger partial charge in [0.25, 0.3) is 0 Å². The number of benzene rings is 2. The molecule has 2 aromatic carbocycles. The molecule has 5 nitrogen and oxygen atoms in total. The average Bonchev–Trinajstić information content (AvgIpc) is 3.85. The zero-order chi connectivity index (χ0) is 32.2. The molecule has 3 unspecified atom stereocenters. The Bertz CT molecular complexity index is 2240. The molecule has 0 radical (unpaired) electrons. The maximum Gasteiger partial charge on any atom is 0.349 e. The van der Waals surface area contributed by atoms with Gasteiger partial charge < -0.3 is 4.74 Å². The monoisotopic (exact) mass is 690 g/mol. The van der Waals surface area contributed by atoms with Crippen LogP contribution in [0, 0.1) is 23.2 Å². The van der Waals surface area contributed by atoms with E-state index in [1.54, 1.807) is 49.5 Å². The van der Waals surface area contributed by atoms with Crippen LogP contribution in [-0.4, -0.2) is 17.6 Å². The number of nitrogens with zero attached hydrogens (tertiary/aromatic N) is 2. The first-order valence-corrected chi connectivity index (χ1v) is 19.2. The van der Waals surface area contributed by atoms with Gasteiger partial charge in [-0.25, -0.2) is 4.79 Å². The molecule has 5 heterocycles. The molecule has 3 saturated carbocycles. The van der Waals surface area contributed by atoms with Gasteiger partial charge in [0, 0.05) is 73.9 Å². The van der Waals surface area contributed by atoms with E-state index in [9.17, 15) is 10.1 Å². The highest BCUT2D eigenvalue weighted by atomic mass is 32.1. The van der Waals surface area contributed by atoms with Crippen molar-refractivity contribution < 1.29 is 9.53 Å². The van der Waals surface area contributed by atoms with Crippen molar-refractivity contribution in [3.63, 3.8) is 0 Å². The standard InChI is InChI=1S/C38H32N3O2S4/c1-38(2,3)43-37(42)23(19-39)14-25-15-29-30(44-25)17-33(46-29)34-18-32-31(47-34)16-28(45-32)20-8-10-24(11-9-20)41(40)27-7-5-4-6-26(27)35-21-12-22(13-21)36(35)41/h4-11,14-18,21-22,35-36H,12-13,40H2,1-3H3/q+1/b23-14+. The lowest BCUT2D eigenvalue weighted by Crippen LogP contribution is -2.57. The van der Waals surface area contributed by atoms with E-state index >= 15 is 0 Å². The lowest BCUT2D eigenvalue weighted by molar-refractivity contribution is -0.149. The number of esters is 1. The normalized spacial score (nSPS) is 24.7. The highest BCUT2D eigenvalue weighted by Crippen LogP contribution is 2.67. The van der Waals surface area contributed by atoms with Crippen LogP contribution in [0.1, 0.15) is 50.0 Å². The van der Waals surface area contributed by atoms with Gasteiger partial charge in [-0.1, -0.05) is 18.2 Å². The number of hydrogen-bond acceptors (Lipinski definition) is 8. The molecule has 6 aromatic rings. The molecule has 9 heteroatoms. The number of carbonyl (C=O) groups is 1. The molecule has 0 amide bonds. The Hall–Kier alpha value is -3.62. The first-order valence-electron chi connectivity index (χ1n) is 15.9. The minimum atomic E-state index is -0.646. The highest BCUT2D eigenvalue weighted by molar-refractivity contribution is 7.34. The van der Waals surface area contributed by atoms with Gasteiger partial charge >= 0.3 is 5.97 Å². The first-order chi connectivity index (χ1) is 22.6. The summed E-state index contributed by atoms with van der Waals surface area (Å²) >= 11 is 7.00. The van der Waals surface area contributed by atoms with E-state index in [2.05, 4.69) is 72.8 Å². The fraction of sp³-hybridized carbons (Fsp3) is 0.263. The number of fused-ring (bicyclic) bond motifs is 3. The molecule has 3 aliphatic carbocycles. The third-order valence-electron chi connectivity index (χ3n) is 10.0. The maximum absolute atomic E-state index is 12.4. The van der Waals surface area contributed by atoms with Crippen LogP contribution in [0.3, 0.4) is 0 Å². The van der Waals surface area contributed by atoms with Crippen LogP contribution in [0.5, 0.6) is 0 Å². The second-order valence-electron chi connectivity index (χ2n) is 14.0. The predicted molar refractivity (Wildman–Crippen MR) is 198 cm³/mol. The minimum Gasteiger partial charge on any atom is -0.456 e. The Balaban J connectivity index is 0.957. The second kappa shape index (κ2) is 10.4. The number of thiophene rings is 4. The van der Waals surface area contributed by atoms with E-state index in [1.165, 1.54) is 59.4 Å². The number of carbonyl (C=O) groups excluding carboxylic acids is 1. The van der Waals surface area contributed by atoms with E-state index in [4.69, 9.17) is 10.6 Å². The molecule has 47 heavy (non-hydrogen) atoms. The summed E-state index contributed by atoms with van der Waals surface area (Å²) in [6, 6.07) is 29.3. The molecule has 3 fully saturated rings. The predicted octanol–water partition coefficient (Wildman–Crippen LogP) is 10.8. The zero-order valence-electron chi connectivity index (χ0n) is 26.2. The Morgan fingerprint density at radius 1 is 0.872 bits per heavy atom. The van der Waals surface area contributed by atoms with E-state index in [1.807, 2.05) is 28.7 Å². The summed E-state index contributed by atoms with van der Waals surface area (Å²) < 4.78 is 10.7. The van der Waals surface area contributed by atoms with Crippen molar-refractivity contribution in [1.29, 1.82) is 5.26 Å². The quantitative estimate of drug-likeness (QED) is 0.0642. The van der Waals surface area contributed by atoms with Crippen LogP contribution in [0.15, 0.2) is 78.4 Å². The fourth-order valence-corrected chi connectivity index (χ4v) is 12.9. The van der Waals surface area contributed by atoms with Crippen molar-refractivity contribution in [2.24, 2.45) is 17.7 Å². The topological polar surface area (TPSA) is 76.1 Å². The van der Waals surface area contributed by atoms with Gasteiger partial charge in [-0.2, -0.15) is 15.7 Å². The number of ether oxygens (including phenoxy) is 1. The van der Waals surface area contributed by atoms with Crippen molar-refractivity contribution in [3.8, 4) is 26.3 Å². The molecule has 0 spiro atoms. The van der Waals surface area contributed by atoms with Gasteiger partial charge in [0.05, 0.1) is 0 Å². The van der Waals surface area contributed by atoms with Gasteiger partial charge in [-0.05, 0) is 87.6 Å². The summed E-state index contributed by atoms with van der Waals surface area (Å²) in [5.41, 5.74) is 4.54. The summed E-state index contributed by atoms with van der Waals surface area (Å²) in [7, 11) is 0. The molecule has 1 aliphatic heterocycles. The van der Waals surface area contributed by atoms with Crippen LogP contribution in [0.25, 0.3) is 45.1 Å². The number of rotatable bonds is 5. The lowest BCUT2D eigenvalue weighted by atomic mass is 9.80. The fourth-order valence-electron chi connectivity index (χ4n) is 8.09. The molecular formula is C38H32N3O2S4+. The van der Waals surface area contributed by atoms with Gasteiger partial charge in [-0.15, -0.1) is 45.3 Å². The van der Waals surface area contributed by atoms with Crippen LogP contribution in [0.2, 0.25) is 0 Å². The van der Waals surface area contributed by atoms with Crippen LogP contribution in [0.4, 0.5) is 11.4 Å². The number of quaternary nitrogens is 1. The van der Waals surface area contributed by atoms with E-state index in [0.717, 1.165) is 26.1 Å². The number of nitrogens with two attached hydrogens (primary N) is 1. The van der Waals surface area contributed by atoms with E-state index < -0.39 is 11.6 Å². The summed E-state index contributed by atoms with van der Waals surface area (Å²) in [5.74, 6) is 8.92.